The lowest BCUT2D eigenvalue weighted by atomic mass is 10.0. The standard InChI is InChI=1S/C16H20O4S/c1-5-7-8-9-13-10-12(6-2)14(16(17)20-3)11-15(13)21(4,18)19/h2,10-11H,5,7-9H2,1,3-4H3. The lowest BCUT2D eigenvalue weighted by Gasteiger charge is -2.12. The molecule has 0 heterocycles. The fourth-order valence-corrected chi connectivity index (χ4v) is 3.10. The normalized spacial score (nSPS) is 11.0. The lowest BCUT2D eigenvalue weighted by molar-refractivity contribution is 0.0600. The van der Waals surface area contributed by atoms with Crippen molar-refractivity contribution in [3.8, 4) is 12.3 Å². The summed E-state index contributed by atoms with van der Waals surface area (Å²) in [5.41, 5.74) is 1.13. The summed E-state index contributed by atoms with van der Waals surface area (Å²) in [5.74, 6) is 1.79. The van der Waals surface area contributed by atoms with Gasteiger partial charge in [0.05, 0.1) is 17.6 Å². The van der Waals surface area contributed by atoms with Crippen LogP contribution in [0, 0.1) is 12.3 Å². The van der Waals surface area contributed by atoms with Gasteiger partial charge >= 0.3 is 5.97 Å². The van der Waals surface area contributed by atoms with Crippen molar-refractivity contribution in [1.29, 1.82) is 0 Å². The van der Waals surface area contributed by atoms with E-state index in [0.29, 0.717) is 17.5 Å². The van der Waals surface area contributed by atoms with Gasteiger partial charge in [-0.05, 0) is 30.5 Å². The van der Waals surface area contributed by atoms with Gasteiger partial charge < -0.3 is 4.74 Å². The van der Waals surface area contributed by atoms with Crippen molar-refractivity contribution >= 4 is 15.8 Å². The van der Waals surface area contributed by atoms with Gasteiger partial charge in [0.15, 0.2) is 9.84 Å². The van der Waals surface area contributed by atoms with Crippen LogP contribution in [0.1, 0.15) is 47.7 Å². The Morgan fingerprint density at radius 1 is 1.33 bits per heavy atom. The Labute approximate surface area is 126 Å². The second-order valence-corrected chi connectivity index (χ2v) is 6.85. The quantitative estimate of drug-likeness (QED) is 0.460. The molecule has 21 heavy (non-hydrogen) atoms. The molecule has 0 bridgehead atoms. The molecule has 0 unspecified atom stereocenters. The number of esters is 1. The predicted octanol–water partition coefficient (Wildman–Crippen LogP) is 2.59. The van der Waals surface area contributed by atoms with Crippen LogP contribution in [0.5, 0.6) is 0 Å². The average molecular weight is 308 g/mol. The zero-order valence-corrected chi connectivity index (χ0v) is 13.4. The number of carbonyl (C=O) groups excluding carboxylic acids is 1. The topological polar surface area (TPSA) is 60.4 Å². The van der Waals surface area contributed by atoms with Crippen molar-refractivity contribution in [2.75, 3.05) is 13.4 Å². The third kappa shape index (κ3) is 4.33. The highest BCUT2D eigenvalue weighted by Crippen LogP contribution is 2.24. The summed E-state index contributed by atoms with van der Waals surface area (Å²) in [6.07, 6.45) is 10.1. The number of ether oxygens (including phenoxy) is 1. The molecule has 1 aromatic rings. The maximum absolute atomic E-state index is 11.9. The monoisotopic (exact) mass is 308 g/mol. The van der Waals surface area contributed by atoms with Crippen molar-refractivity contribution in [3.05, 3.63) is 28.8 Å². The van der Waals surface area contributed by atoms with Gasteiger partial charge in [-0.15, -0.1) is 6.42 Å². The zero-order chi connectivity index (χ0) is 16.0. The molecule has 114 valence electrons. The fraction of sp³-hybridized carbons (Fsp3) is 0.438. The van der Waals surface area contributed by atoms with Crippen LogP contribution in [0.3, 0.4) is 0 Å². The first-order valence-electron chi connectivity index (χ1n) is 6.77. The Hall–Kier alpha value is -1.80. The first-order valence-corrected chi connectivity index (χ1v) is 8.66. The first-order chi connectivity index (χ1) is 9.85. The number of benzene rings is 1. The number of sulfone groups is 1. The van der Waals surface area contributed by atoms with Crippen LogP contribution in [0.4, 0.5) is 0 Å². The van der Waals surface area contributed by atoms with Crippen LogP contribution in [0.25, 0.3) is 0 Å². The fourth-order valence-electron chi connectivity index (χ4n) is 2.13. The van der Waals surface area contributed by atoms with Crippen molar-refractivity contribution < 1.29 is 17.9 Å². The molecule has 0 radical (unpaired) electrons. The Balaban J connectivity index is 3.43. The highest BCUT2D eigenvalue weighted by molar-refractivity contribution is 7.90. The largest absolute Gasteiger partial charge is 0.465 e. The number of hydrogen-bond acceptors (Lipinski definition) is 4. The predicted molar refractivity (Wildman–Crippen MR) is 82.1 cm³/mol. The highest BCUT2D eigenvalue weighted by Gasteiger charge is 2.20. The van der Waals surface area contributed by atoms with Crippen LogP contribution in [0.2, 0.25) is 0 Å². The summed E-state index contributed by atoms with van der Waals surface area (Å²) in [6, 6.07) is 2.94. The van der Waals surface area contributed by atoms with E-state index in [1.807, 2.05) is 0 Å². The van der Waals surface area contributed by atoms with Crippen LogP contribution >= 0.6 is 0 Å². The third-order valence-corrected chi connectivity index (χ3v) is 4.39. The van der Waals surface area contributed by atoms with Crippen LogP contribution < -0.4 is 0 Å². The van der Waals surface area contributed by atoms with Crippen molar-refractivity contribution in [1.82, 2.24) is 0 Å². The number of terminal acetylenes is 1. The molecule has 4 nitrogen and oxygen atoms in total. The van der Waals surface area contributed by atoms with E-state index in [1.165, 1.54) is 13.2 Å². The number of hydrogen-bond donors (Lipinski definition) is 0. The van der Waals surface area contributed by atoms with Crippen molar-refractivity contribution in [2.24, 2.45) is 0 Å². The van der Waals surface area contributed by atoms with Crippen LogP contribution in [-0.2, 0) is 21.0 Å². The molecule has 1 aromatic carbocycles. The van der Waals surface area contributed by atoms with Gasteiger partial charge in [0.25, 0.3) is 0 Å². The molecule has 0 saturated carbocycles. The maximum Gasteiger partial charge on any atom is 0.339 e. The maximum atomic E-state index is 11.9. The summed E-state index contributed by atoms with van der Waals surface area (Å²) >= 11 is 0. The second-order valence-electron chi connectivity index (χ2n) is 4.87. The minimum Gasteiger partial charge on any atom is -0.465 e. The van der Waals surface area contributed by atoms with Gasteiger partial charge in [-0.25, -0.2) is 13.2 Å². The summed E-state index contributed by atoms with van der Waals surface area (Å²) in [5, 5.41) is 0. The molecule has 0 aliphatic rings. The van der Waals surface area contributed by atoms with E-state index in [0.717, 1.165) is 25.5 Å². The summed E-state index contributed by atoms with van der Waals surface area (Å²) in [4.78, 5) is 11.9. The van der Waals surface area contributed by atoms with Gasteiger partial charge in [0, 0.05) is 11.8 Å². The molecule has 0 fully saturated rings. The second kappa shape index (κ2) is 7.28. The van der Waals surface area contributed by atoms with E-state index in [1.54, 1.807) is 6.07 Å². The molecular formula is C16H20O4S. The van der Waals surface area contributed by atoms with E-state index in [-0.39, 0.29) is 10.5 Å². The molecule has 0 aromatic heterocycles. The van der Waals surface area contributed by atoms with E-state index < -0.39 is 15.8 Å². The Morgan fingerprint density at radius 3 is 2.48 bits per heavy atom. The number of methoxy groups -OCH3 is 1. The first kappa shape index (κ1) is 17.3. The molecule has 0 atom stereocenters. The van der Waals surface area contributed by atoms with Gasteiger partial charge in [-0.1, -0.05) is 25.7 Å². The SMILES string of the molecule is C#Cc1cc(CCCCC)c(S(C)(=O)=O)cc1C(=O)OC. The molecular weight excluding hydrogens is 288 g/mol. The van der Waals surface area contributed by atoms with Crippen molar-refractivity contribution in [2.45, 2.75) is 37.5 Å². The van der Waals surface area contributed by atoms with E-state index in [4.69, 9.17) is 6.42 Å². The number of carbonyl (C=O) groups is 1. The van der Waals surface area contributed by atoms with Crippen LogP contribution in [-0.4, -0.2) is 27.8 Å². The lowest BCUT2D eigenvalue weighted by Crippen LogP contribution is -2.10. The molecule has 0 amide bonds. The molecule has 0 N–H and O–H groups in total. The summed E-state index contributed by atoms with van der Waals surface area (Å²) < 4.78 is 28.5. The van der Waals surface area contributed by atoms with E-state index in [9.17, 15) is 13.2 Å². The van der Waals surface area contributed by atoms with Crippen molar-refractivity contribution in [3.63, 3.8) is 0 Å². The van der Waals surface area contributed by atoms with E-state index >= 15 is 0 Å². The third-order valence-electron chi connectivity index (χ3n) is 3.21. The van der Waals surface area contributed by atoms with E-state index in [2.05, 4.69) is 17.6 Å². The Kier molecular flexibility index (Phi) is 5.98. The molecule has 0 spiro atoms. The van der Waals surface area contributed by atoms with Gasteiger partial charge in [0.1, 0.15) is 0 Å². The Bertz CT molecular complexity index is 666. The van der Waals surface area contributed by atoms with Gasteiger partial charge in [-0.3, -0.25) is 0 Å². The molecule has 0 aliphatic heterocycles. The smallest absolute Gasteiger partial charge is 0.339 e. The summed E-state index contributed by atoms with van der Waals surface area (Å²) in [7, 11) is -2.20. The highest BCUT2D eigenvalue weighted by atomic mass is 32.2. The van der Waals surface area contributed by atoms with Gasteiger partial charge in [0.2, 0.25) is 0 Å². The summed E-state index contributed by atoms with van der Waals surface area (Å²) in [6.45, 7) is 2.07. The Morgan fingerprint density at radius 2 is 2.00 bits per heavy atom. The van der Waals surface area contributed by atoms with Crippen LogP contribution in [0.15, 0.2) is 17.0 Å². The minimum atomic E-state index is -3.44. The molecule has 0 saturated heterocycles. The number of aryl methyl sites for hydroxylation is 1. The average Bonchev–Trinajstić information content (AvgIpc) is 2.44. The minimum absolute atomic E-state index is 0.111. The van der Waals surface area contributed by atoms with Gasteiger partial charge in [-0.2, -0.15) is 0 Å². The number of rotatable bonds is 6. The number of unbranched alkanes of at least 4 members (excludes halogenated alkanes) is 2. The molecule has 1 rings (SSSR count). The zero-order valence-electron chi connectivity index (χ0n) is 12.6. The molecule has 5 heteroatoms. The molecule has 0 aliphatic carbocycles.